The van der Waals surface area contributed by atoms with E-state index >= 15 is 0 Å². The lowest BCUT2D eigenvalue weighted by molar-refractivity contribution is -0.111. The van der Waals surface area contributed by atoms with Gasteiger partial charge in [-0.05, 0) is 35.2 Å². The molecule has 0 aliphatic carbocycles. The van der Waals surface area contributed by atoms with Crippen molar-refractivity contribution in [3.63, 3.8) is 0 Å². The number of Topliss-reactive ketones (excluding diaryl/α,β-unsaturated/α-hetero) is 1. The van der Waals surface area contributed by atoms with Crippen LogP contribution < -0.4 is 5.01 Å². The van der Waals surface area contributed by atoms with Crippen LogP contribution in [-0.2, 0) is 17.8 Å². The van der Waals surface area contributed by atoms with Gasteiger partial charge in [-0.25, -0.2) is 5.01 Å². The highest BCUT2D eigenvalue weighted by atomic mass is 16.1. The Labute approximate surface area is 172 Å². The van der Waals surface area contributed by atoms with Gasteiger partial charge in [0.15, 0.2) is 17.8 Å². The van der Waals surface area contributed by atoms with Gasteiger partial charge in [0.25, 0.3) is 0 Å². The van der Waals surface area contributed by atoms with Gasteiger partial charge in [0.2, 0.25) is 0 Å². The number of hydrazone groups is 1. The molecule has 0 saturated heterocycles. The van der Waals surface area contributed by atoms with E-state index < -0.39 is 0 Å². The molecule has 3 aromatic rings. The van der Waals surface area contributed by atoms with E-state index in [1.54, 1.807) is 6.92 Å². The van der Waals surface area contributed by atoms with Gasteiger partial charge in [-0.3, -0.25) is 4.79 Å². The predicted octanol–water partition coefficient (Wildman–Crippen LogP) is 5.17. The number of nitrogens with zero attached hydrogens (tertiary/aromatic N) is 3. The zero-order valence-corrected chi connectivity index (χ0v) is 16.8. The van der Waals surface area contributed by atoms with Crippen LogP contribution in [0.15, 0.2) is 90.0 Å². The summed E-state index contributed by atoms with van der Waals surface area (Å²) in [5, 5.41) is 6.72. The summed E-state index contributed by atoms with van der Waals surface area (Å²) in [6.45, 7) is 4.35. The van der Waals surface area contributed by atoms with Crippen molar-refractivity contribution in [1.29, 1.82) is 0 Å². The molecule has 4 rings (SSSR count). The Kier molecular flexibility index (Phi) is 5.43. The van der Waals surface area contributed by atoms with Crippen molar-refractivity contribution in [1.82, 2.24) is 4.90 Å². The molecule has 1 aliphatic heterocycles. The summed E-state index contributed by atoms with van der Waals surface area (Å²) < 4.78 is 0. The molecule has 1 heterocycles. The Balaban J connectivity index is 1.79. The standard InChI is InChI=1S/C25H25N3O/c1-3-20-14-16-22(17-15-20)25-27(18-21-10-6-4-7-11-21)24(19(2)29)26-28(25)23-12-8-5-9-13-23/h4-17,25H,3,18H2,1-2H3. The monoisotopic (exact) mass is 383 g/mol. The molecule has 3 aromatic carbocycles. The Bertz CT molecular complexity index is 997. The Morgan fingerprint density at radius 2 is 1.48 bits per heavy atom. The van der Waals surface area contributed by atoms with Crippen molar-refractivity contribution < 1.29 is 4.79 Å². The van der Waals surface area contributed by atoms with Gasteiger partial charge in [-0.2, -0.15) is 0 Å². The second kappa shape index (κ2) is 8.31. The fourth-order valence-corrected chi connectivity index (χ4v) is 3.70. The van der Waals surface area contributed by atoms with Crippen molar-refractivity contribution in [2.24, 2.45) is 5.10 Å². The first kappa shape index (κ1) is 18.9. The predicted molar refractivity (Wildman–Crippen MR) is 118 cm³/mol. The first-order valence-corrected chi connectivity index (χ1v) is 10.0. The van der Waals surface area contributed by atoms with E-state index in [0.29, 0.717) is 12.4 Å². The lowest BCUT2D eigenvalue weighted by Crippen LogP contribution is -2.37. The van der Waals surface area contributed by atoms with Crippen molar-refractivity contribution >= 4 is 17.3 Å². The highest BCUT2D eigenvalue weighted by Gasteiger charge is 2.37. The largest absolute Gasteiger partial charge is 0.322 e. The van der Waals surface area contributed by atoms with E-state index in [1.807, 2.05) is 53.5 Å². The maximum absolute atomic E-state index is 12.5. The van der Waals surface area contributed by atoms with Crippen molar-refractivity contribution in [3.8, 4) is 0 Å². The summed E-state index contributed by atoms with van der Waals surface area (Å²) in [5.74, 6) is 0.455. The van der Waals surface area contributed by atoms with Gasteiger partial charge < -0.3 is 4.90 Å². The van der Waals surface area contributed by atoms with Crippen LogP contribution >= 0.6 is 0 Å². The maximum atomic E-state index is 12.5. The van der Waals surface area contributed by atoms with E-state index in [-0.39, 0.29) is 11.9 Å². The van der Waals surface area contributed by atoms with E-state index in [9.17, 15) is 4.79 Å². The van der Waals surface area contributed by atoms with Gasteiger partial charge in [0.1, 0.15) is 0 Å². The number of hydrogen-bond donors (Lipinski definition) is 0. The number of rotatable bonds is 6. The van der Waals surface area contributed by atoms with Crippen LogP contribution in [-0.4, -0.2) is 16.5 Å². The highest BCUT2D eigenvalue weighted by Crippen LogP contribution is 2.36. The average molecular weight is 383 g/mol. The van der Waals surface area contributed by atoms with Gasteiger partial charge in [0, 0.05) is 13.5 Å². The first-order valence-electron chi connectivity index (χ1n) is 10.0. The zero-order valence-electron chi connectivity index (χ0n) is 16.8. The van der Waals surface area contributed by atoms with Crippen molar-refractivity contribution in [2.75, 3.05) is 5.01 Å². The third kappa shape index (κ3) is 3.92. The molecule has 0 spiro atoms. The van der Waals surface area contributed by atoms with Crippen LogP contribution in [0, 0.1) is 0 Å². The Morgan fingerprint density at radius 1 is 0.862 bits per heavy atom. The van der Waals surface area contributed by atoms with E-state index in [1.165, 1.54) is 5.56 Å². The summed E-state index contributed by atoms with van der Waals surface area (Å²) >= 11 is 0. The molecule has 0 saturated carbocycles. The summed E-state index contributed by atoms with van der Waals surface area (Å²) in [4.78, 5) is 14.6. The minimum absolute atomic E-state index is 0.0328. The fourth-order valence-electron chi connectivity index (χ4n) is 3.70. The topological polar surface area (TPSA) is 35.9 Å². The number of hydrogen-bond acceptors (Lipinski definition) is 4. The molecule has 0 amide bonds. The molecule has 0 bridgehead atoms. The van der Waals surface area contributed by atoms with Gasteiger partial charge >= 0.3 is 0 Å². The molecule has 4 nitrogen and oxygen atoms in total. The lowest BCUT2D eigenvalue weighted by Gasteiger charge is -2.32. The number of ketones is 1. The third-order valence-corrected chi connectivity index (χ3v) is 5.22. The van der Waals surface area contributed by atoms with Crippen LogP contribution in [0.25, 0.3) is 0 Å². The molecule has 0 radical (unpaired) electrons. The Morgan fingerprint density at radius 3 is 2.07 bits per heavy atom. The van der Waals surface area contributed by atoms with Crippen molar-refractivity contribution in [2.45, 2.75) is 33.0 Å². The molecule has 0 fully saturated rings. The van der Waals surface area contributed by atoms with Crippen LogP contribution in [0.2, 0.25) is 0 Å². The maximum Gasteiger partial charge on any atom is 0.196 e. The quantitative estimate of drug-likeness (QED) is 0.589. The van der Waals surface area contributed by atoms with Crippen LogP contribution in [0.1, 0.15) is 36.7 Å². The molecule has 0 aromatic heterocycles. The summed E-state index contributed by atoms with van der Waals surface area (Å²) in [6, 6.07) is 28.9. The number of carbonyl (C=O) groups excluding carboxylic acids is 1. The summed E-state index contributed by atoms with van der Waals surface area (Å²) in [5.41, 5.74) is 4.51. The molecular formula is C25H25N3O. The van der Waals surface area contributed by atoms with E-state index in [4.69, 9.17) is 5.10 Å². The van der Waals surface area contributed by atoms with Gasteiger partial charge in [-0.15, -0.1) is 5.10 Å². The number of benzene rings is 3. The second-order valence-electron chi connectivity index (χ2n) is 7.24. The molecule has 1 atom stereocenters. The van der Waals surface area contributed by atoms with Gasteiger partial charge in [-0.1, -0.05) is 79.7 Å². The minimum atomic E-state index is -0.178. The first-order chi connectivity index (χ1) is 14.2. The molecule has 0 N–H and O–H groups in total. The highest BCUT2D eigenvalue weighted by molar-refractivity contribution is 6.38. The van der Waals surface area contributed by atoms with Crippen LogP contribution in [0.3, 0.4) is 0 Å². The molecule has 1 aliphatic rings. The van der Waals surface area contributed by atoms with Crippen LogP contribution in [0.5, 0.6) is 0 Å². The molecular weight excluding hydrogens is 358 g/mol. The number of para-hydroxylation sites is 1. The summed E-state index contributed by atoms with van der Waals surface area (Å²) in [7, 11) is 0. The fraction of sp³-hybridized carbons (Fsp3) is 0.200. The molecule has 146 valence electrons. The number of anilines is 1. The number of aryl methyl sites for hydroxylation is 1. The SMILES string of the molecule is CCc1ccc(C2N(Cc3ccccc3)C(C(C)=O)=NN2c2ccccc2)cc1. The smallest absolute Gasteiger partial charge is 0.196 e. The normalized spacial score (nSPS) is 16.1. The van der Waals surface area contributed by atoms with Crippen molar-refractivity contribution in [3.05, 3.63) is 102 Å². The minimum Gasteiger partial charge on any atom is -0.322 e. The average Bonchev–Trinajstić information content (AvgIpc) is 3.14. The Hall–Kier alpha value is -3.40. The molecule has 1 unspecified atom stereocenters. The molecule has 4 heteroatoms. The summed E-state index contributed by atoms with van der Waals surface area (Å²) in [6.07, 6.45) is 0.818. The van der Waals surface area contributed by atoms with E-state index in [2.05, 4.69) is 48.2 Å². The van der Waals surface area contributed by atoms with Crippen LogP contribution in [0.4, 0.5) is 5.69 Å². The zero-order chi connectivity index (χ0) is 20.2. The third-order valence-electron chi connectivity index (χ3n) is 5.22. The van der Waals surface area contributed by atoms with E-state index in [0.717, 1.165) is 23.2 Å². The lowest BCUT2D eigenvalue weighted by atomic mass is 10.1. The number of amidine groups is 1. The molecule has 29 heavy (non-hydrogen) atoms. The number of carbonyl (C=O) groups is 1. The van der Waals surface area contributed by atoms with Gasteiger partial charge in [0.05, 0.1) is 5.69 Å². The second-order valence-corrected chi connectivity index (χ2v) is 7.24.